The lowest BCUT2D eigenvalue weighted by atomic mass is 10.1. The second kappa shape index (κ2) is 15.0. The fraction of sp³-hybridized carbons (Fsp3) is 0. The summed E-state index contributed by atoms with van der Waals surface area (Å²) in [5.41, 5.74) is 11.0. The van der Waals surface area contributed by atoms with Crippen LogP contribution in [0, 0.1) is 0 Å². The standard InChI is InChI=1S/C26H15N3O2.C12H7Br2N.C7H5BNO3/c1-3-7-23-21(5-1)28-25(30-23)15-9-11-19-17(13-15)18-14-16(10-12-20(18)27-19)26-29-22-6-2-4-8-24(22)31-26;13-7-1-3-11-9(5-7)10-6-8(14)2-4-12(10)15-11;10-8-12-7-9-5-3-1-2-4-6(5)11-7/h1-14,27H;1-6,15H;1-4,10H. The molecule has 12 aromatic rings. The van der Waals surface area contributed by atoms with Gasteiger partial charge in [-0.1, -0.05) is 68.3 Å². The number of hydrogen-bond donors (Lipinski definition) is 3. The van der Waals surface area contributed by atoms with Gasteiger partial charge in [0.25, 0.3) is 0 Å². The molecule has 0 aliphatic heterocycles. The first kappa shape index (κ1) is 35.7. The van der Waals surface area contributed by atoms with Gasteiger partial charge in [0.15, 0.2) is 16.7 Å². The largest absolute Gasteiger partial charge is 0.572 e. The summed E-state index contributed by atoms with van der Waals surface area (Å²) in [5, 5.41) is 13.0. The van der Waals surface area contributed by atoms with Crippen molar-refractivity contribution < 1.29 is 22.9 Å². The van der Waals surface area contributed by atoms with Gasteiger partial charge in [-0.05, 0) is 109 Å². The average Bonchev–Trinajstić information content (AvgIpc) is 4.09. The summed E-state index contributed by atoms with van der Waals surface area (Å²) in [6, 6.07) is 47.9. The van der Waals surface area contributed by atoms with Gasteiger partial charge in [-0.3, -0.25) is 0 Å². The molecule has 0 unspecified atom stereocenters. The van der Waals surface area contributed by atoms with Gasteiger partial charge in [-0.15, -0.1) is 0 Å². The molecule has 13 heteroatoms. The quantitative estimate of drug-likeness (QED) is 0.148. The molecule has 1 radical (unpaired) electrons. The molecule has 12 rings (SSSR count). The molecule has 10 nitrogen and oxygen atoms in total. The van der Waals surface area contributed by atoms with Crippen molar-refractivity contribution in [2.75, 3.05) is 0 Å². The SMILES string of the molecule is Brc1ccc2[nH]c3ccc(Br)cc3c2c1.O[B]Oc1nc2ccccc2o1.c1ccc2oc(-c3ccc4[nH]c5ccc(-c6nc7ccccc7o6)cc5c4c3)nc2c1. The van der Waals surface area contributed by atoms with Gasteiger partial charge in [-0.2, -0.15) is 4.98 Å². The van der Waals surface area contributed by atoms with E-state index in [2.05, 4.69) is 110 Å². The number of H-pyrrole nitrogens is 2. The number of nitrogens with zero attached hydrogens (tertiary/aromatic N) is 3. The molecule has 0 aliphatic carbocycles. The van der Waals surface area contributed by atoms with E-state index in [-0.39, 0.29) is 6.08 Å². The minimum atomic E-state index is 0.0405. The molecule has 0 fully saturated rings. The minimum absolute atomic E-state index is 0.0405. The predicted octanol–water partition coefficient (Wildman–Crippen LogP) is 12.5. The van der Waals surface area contributed by atoms with Gasteiger partial charge in [0.2, 0.25) is 11.8 Å². The van der Waals surface area contributed by atoms with Crippen LogP contribution in [0.5, 0.6) is 6.08 Å². The van der Waals surface area contributed by atoms with Gasteiger partial charge in [0.1, 0.15) is 16.6 Å². The molecule has 0 aliphatic rings. The Bertz CT molecular complexity index is 3160. The van der Waals surface area contributed by atoms with Crippen molar-refractivity contribution >= 4 is 116 Å². The highest BCUT2D eigenvalue weighted by molar-refractivity contribution is 9.10. The van der Waals surface area contributed by atoms with E-state index in [9.17, 15) is 0 Å². The van der Waals surface area contributed by atoms with Crippen LogP contribution in [0.3, 0.4) is 0 Å². The molecule has 0 bridgehead atoms. The van der Waals surface area contributed by atoms with Crippen LogP contribution in [0.1, 0.15) is 0 Å². The number of aromatic amines is 2. The molecule has 0 atom stereocenters. The van der Waals surface area contributed by atoms with Crippen LogP contribution in [0.4, 0.5) is 0 Å². The summed E-state index contributed by atoms with van der Waals surface area (Å²) in [6.45, 7) is 0. The predicted molar refractivity (Wildman–Crippen MR) is 236 cm³/mol. The first-order valence-corrected chi connectivity index (χ1v) is 19.7. The van der Waals surface area contributed by atoms with Crippen molar-refractivity contribution in [2.24, 2.45) is 0 Å². The fourth-order valence-electron chi connectivity index (χ4n) is 6.94. The van der Waals surface area contributed by atoms with Crippen LogP contribution in [0.25, 0.3) is 99.8 Å². The molecule has 0 saturated carbocycles. The van der Waals surface area contributed by atoms with E-state index in [1.807, 2.05) is 84.9 Å². The number of rotatable bonds is 4. The molecule has 5 aromatic heterocycles. The zero-order chi connectivity index (χ0) is 39.2. The molecular weight excluding hydrogens is 861 g/mol. The fourth-order valence-corrected chi connectivity index (χ4v) is 7.67. The van der Waals surface area contributed by atoms with Gasteiger partial charge >= 0.3 is 13.8 Å². The summed E-state index contributed by atoms with van der Waals surface area (Å²) in [7, 11) is 0.532. The Labute approximate surface area is 346 Å². The van der Waals surface area contributed by atoms with Crippen molar-refractivity contribution in [1.29, 1.82) is 0 Å². The maximum absolute atomic E-state index is 8.30. The maximum atomic E-state index is 8.30. The summed E-state index contributed by atoms with van der Waals surface area (Å²) < 4.78 is 23.8. The second-order valence-electron chi connectivity index (χ2n) is 13.3. The Kier molecular flexibility index (Phi) is 9.25. The third-order valence-electron chi connectivity index (χ3n) is 9.63. The van der Waals surface area contributed by atoms with Crippen molar-refractivity contribution in [3.05, 3.63) is 155 Å². The lowest BCUT2D eigenvalue weighted by Crippen LogP contribution is -1.99. The van der Waals surface area contributed by atoms with E-state index >= 15 is 0 Å². The maximum Gasteiger partial charge on any atom is 0.572 e. The third-order valence-corrected chi connectivity index (χ3v) is 10.6. The highest BCUT2D eigenvalue weighted by atomic mass is 79.9. The van der Waals surface area contributed by atoms with Crippen LogP contribution in [-0.4, -0.2) is 37.6 Å². The van der Waals surface area contributed by atoms with Crippen molar-refractivity contribution in [3.63, 3.8) is 0 Å². The summed E-state index contributed by atoms with van der Waals surface area (Å²) >= 11 is 6.99. The number of halogens is 2. The van der Waals surface area contributed by atoms with Crippen LogP contribution >= 0.6 is 31.9 Å². The monoisotopic (exact) mass is 886 g/mol. The molecular formula is C45H27BBr2N5O5. The highest BCUT2D eigenvalue weighted by Crippen LogP contribution is 2.35. The Morgan fingerprint density at radius 3 is 1.29 bits per heavy atom. The van der Waals surface area contributed by atoms with Crippen LogP contribution in [0.2, 0.25) is 0 Å². The van der Waals surface area contributed by atoms with E-state index in [1.54, 1.807) is 12.1 Å². The molecule has 5 heterocycles. The molecule has 279 valence electrons. The van der Waals surface area contributed by atoms with Crippen molar-refractivity contribution in [2.45, 2.75) is 0 Å². The first-order valence-electron chi connectivity index (χ1n) is 18.1. The summed E-state index contributed by atoms with van der Waals surface area (Å²) in [5.74, 6) is 1.24. The normalized spacial score (nSPS) is 11.4. The molecule has 7 aromatic carbocycles. The van der Waals surface area contributed by atoms with E-state index in [1.165, 1.54) is 21.8 Å². The molecule has 0 saturated heterocycles. The molecule has 58 heavy (non-hydrogen) atoms. The lowest BCUT2D eigenvalue weighted by molar-refractivity contribution is 0.356. The Hall–Kier alpha value is -6.67. The number of fused-ring (bicyclic) bond motifs is 9. The first-order chi connectivity index (χ1) is 28.5. The zero-order valence-corrected chi connectivity index (χ0v) is 33.3. The van der Waals surface area contributed by atoms with Gasteiger partial charge < -0.3 is 32.9 Å². The van der Waals surface area contributed by atoms with E-state index in [0.29, 0.717) is 30.6 Å². The summed E-state index contributed by atoms with van der Waals surface area (Å²) in [4.78, 5) is 20.1. The number of hydrogen-bond acceptors (Lipinski definition) is 8. The Morgan fingerprint density at radius 2 is 0.862 bits per heavy atom. The smallest absolute Gasteiger partial charge is 0.495 e. The molecule has 3 N–H and O–H groups in total. The third kappa shape index (κ3) is 6.89. The number of para-hydroxylation sites is 6. The lowest BCUT2D eigenvalue weighted by Gasteiger charge is -1.98. The van der Waals surface area contributed by atoms with Gasteiger partial charge in [-0.25, -0.2) is 9.97 Å². The molecule has 0 spiro atoms. The van der Waals surface area contributed by atoms with E-state index < -0.39 is 0 Å². The number of aromatic nitrogens is 5. The molecule has 0 amide bonds. The van der Waals surface area contributed by atoms with Crippen molar-refractivity contribution in [1.82, 2.24) is 24.9 Å². The second-order valence-corrected chi connectivity index (χ2v) is 15.1. The van der Waals surface area contributed by atoms with Gasteiger partial charge in [0, 0.05) is 63.7 Å². The number of oxazole rings is 3. The van der Waals surface area contributed by atoms with Gasteiger partial charge in [0.05, 0.1) is 0 Å². The van der Waals surface area contributed by atoms with Crippen LogP contribution in [-0.2, 0) is 0 Å². The van der Waals surface area contributed by atoms with Crippen molar-refractivity contribution in [3.8, 4) is 29.0 Å². The Morgan fingerprint density at radius 1 is 0.466 bits per heavy atom. The van der Waals surface area contributed by atoms with Crippen LogP contribution < -0.4 is 4.65 Å². The van der Waals surface area contributed by atoms with E-state index in [0.717, 1.165) is 64.1 Å². The topological polar surface area (TPSA) is 139 Å². The number of benzene rings is 7. The zero-order valence-electron chi connectivity index (χ0n) is 30.1. The van der Waals surface area contributed by atoms with Crippen LogP contribution in [0.15, 0.2) is 168 Å². The van der Waals surface area contributed by atoms with E-state index in [4.69, 9.17) is 18.3 Å². The number of nitrogens with one attached hydrogen (secondary N) is 2. The highest BCUT2D eigenvalue weighted by Gasteiger charge is 2.14. The average molecular weight is 888 g/mol. The Balaban J connectivity index is 0.000000125. The minimum Gasteiger partial charge on any atom is -0.495 e. The summed E-state index contributed by atoms with van der Waals surface area (Å²) in [6.07, 6.45) is 0.0405.